The van der Waals surface area contributed by atoms with Crippen LogP contribution in [0, 0.1) is 0 Å². The van der Waals surface area contributed by atoms with E-state index in [1.807, 2.05) is 0 Å². The van der Waals surface area contributed by atoms with E-state index in [1.165, 1.54) is 18.2 Å². The molecule has 0 heterocycles. The monoisotopic (exact) mass is 213 g/mol. The van der Waals surface area contributed by atoms with Crippen molar-refractivity contribution in [1.82, 2.24) is 0 Å². The van der Waals surface area contributed by atoms with Crippen LogP contribution >= 0.6 is 0 Å². The molecule has 0 aromatic heterocycles. The maximum Gasteiger partial charge on any atom is 0.125 e. The van der Waals surface area contributed by atoms with Crippen molar-refractivity contribution in [2.45, 2.75) is 18.6 Å². The Morgan fingerprint density at radius 1 is 1.13 bits per heavy atom. The van der Waals surface area contributed by atoms with Gasteiger partial charge in [0.2, 0.25) is 0 Å². The highest BCUT2D eigenvalue weighted by Gasteiger charge is 2.23. The zero-order chi connectivity index (χ0) is 11.4. The summed E-state index contributed by atoms with van der Waals surface area (Å²) in [6, 6.07) is 4.09. The first kappa shape index (κ1) is 11.8. The van der Waals surface area contributed by atoms with Gasteiger partial charge in [-0.25, -0.2) is 0 Å². The van der Waals surface area contributed by atoms with Gasteiger partial charge in [-0.2, -0.15) is 0 Å². The maximum absolute atomic E-state index is 9.66. The molecule has 1 aromatic rings. The van der Waals surface area contributed by atoms with Gasteiger partial charge in [0.25, 0.3) is 0 Å². The van der Waals surface area contributed by atoms with Crippen LogP contribution in [0.15, 0.2) is 18.2 Å². The van der Waals surface area contributed by atoms with E-state index in [2.05, 4.69) is 0 Å². The number of nitrogens with two attached hydrogens (primary N) is 1. The summed E-state index contributed by atoms with van der Waals surface area (Å²) in [6.07, 6.45) is -2.25. The van der Waals surface area contributed by atoms with Gasteiger partial charge in [-0.15, -0.1) is 0 Å². The molecule has 0 saturated heterocycles. The summed E-state index contributed by atoms with van der Waals surface area (Å²) in [4.78, 5) is 0. The fourth-order valence-corrected chi connectivity index (χ4v) is 1.37. The molecule has 2 atom stereocenters. The molecular formula is C10H15NO4. The van der Waals surface area contributed by atoms with E-state index in [-0.39, 0.29) is 30.0 Å². The number of rotatable bonds is 4. The Hall–Kier alpha value is -1.30. The number of benzene rings is 1. The Labute approximate surface area is 87.4 Å². The molecule has 0 fully saturated rings. The molecule has 0 aliphatic carbocycles. The molecule has 5 heteroatoms. The topological polar surface area (TPSA) is 107 Å². The summed E-state index contributed by atoms with van der Waals surface area (Å²) in [5, 5.41) is 38.0. The summed E-state index contributed by atoms with van der Waals surface area (Å²) in [5.41, 5.74) is 5.15. The third kappa shape index (κ3) is 2.59. The van der Waals surface area contributed by atoms with Crippen LogP contribution in [0.1, 0.15) is 18.1 Å². The average molecular weight is 213 g/mol. The lowest BCUT2D eigenvalue weighted by molar-refractivity contribution is 0.0124. The minimum absolute atomic E-state index is 0.0709. The molecule has 0 saturated carbocycles. The Morgan fingerprint density at radius 3 is 2.13 bits per heavy atom. The van der Waals surface area contributed by atoms with E-state index in [1.54, 1.807) is 0 Å². The van der Waals surface area contributed by atoms with Gasteiger partial charge in [-0.1, -0.05) is 6.07 Å². The Balaban J connectivity index is 2.94. The van der Waals surface area contributed by atoms with E-state index in [9.17, 15) is 20.4 Å². The fraction of sp³-hybridized carbons (Fsp3) is 0.400. The Morgan fingerprint density at radius 2 is 1.67 bits per heavy atom. The first-order valence-corrected chi connectivity index (χ1v) is 4.65. The van der Waals surface area contributed by atoms with Gasteiger partial charge in [0.15, 0.2) is 0 Å². The number of phenolic OH excluding ortho intramolecular Hbond substituents is 2. The number of aromatic hydroxyl groups is 2. The van der Waals surface area contributed by atoms with Gasteiger partial charge in [-0.05, 0) is 25.1 Å². The predicted octanol–water partition coefficient (Wildman–Crippen LogP) is -0.159. The van der Waals surface area contributed by atoms with E-state index in [4.69, 9.17) is 5.73 Å². The van der Waals surface area contributed by atoms with E-state index in [0.29, 0.717) is 0 Å². The third-order valence-electron chi connectivity index (χ3n) is 2.18. The van der Waals surface area contributed by atoms with E-state index >= 15 is 0 Å². The number of phenols is 2. The second kappa shape index (κ2) is 4.97. The smallest absolute Gasteiger partial charge is 0.125 e. The number of aliphatic hydroxyl groups is 2. The van der Waals surface area contributed by atoms with E-state index in [0.717, 1.165) is 0 Å². The fourth-order valence-electron chi connectivity index (χ4n) is 1.37. The predicted molar refractivity (Wildman–Crippen MR) is 54.4 cm³/mol. The molecule has 0 spiro atoms. The van der Waals surface area contributed by atoms with Gasteiger partial charge in [0.1, 0.15) is 17.6 Å². The van der Waals surface area contributed by atoms with E-state index < -0.39 is 12.2 Å². The third-order valence-corrected chi connectivity index (χ3v) is 2.18. The van der Waals surface area contributed by atoms with Crippen LogP contribution in [0.4, 0.5) is 0 Å². The standard InChI is InChI=1S/C10H15NO4/c11-5-4-8(14)10(15)9-6(12)2-1-3-7(9)13/h1-3,8,10,12-15H,4-5,11H2. The molecule has 0 bridgehead atoms. The van der Waals surface area contributed by atoms with Crippen molar-refractivity contribution in [3.8, 4) is 11.5 Å². The van der Waals surface area contributed by atoms with Crippen LogP contribution in [-0.2, 0) is 0 Å². The van der Waals surface area contributed by atoms with Crippen LogP contribution in [-0.4, -0.2) is 33.1 Å². The average Bonchev–Trinajstić information content (AvgIpc) is 2.17. The van der Waals surface area contributed by atoms with Crippen molar-refractivity contribution in [1.29, 1.82) is 0 Å². The first-order chi connectivity index (χ1) is 7.07. The summed E-state index contributed by atoms with van der Waals surface area (Å²) in [7, 11) is 0. The summed E-state index contributed by atoms with van der Waals surface area (Å²) in [6.45, 7) is 0.215. The van der Waals surface area contributed by atoms with Crippen LogP contribution in [0.3, 0.4) is 0 Å². The second-order valence-electron chi connectivity index (χ2n) is 3.30. The van der Waals surface area contributed by atoms with Gasteiger partial charge >= 0.3 is 0 Å². The number of hydrogen-bond donors (Lipinski definition) is 5. The van der Waals surface area contributed by atoms with Gasteiger partial charge in [-0.3, -0.25) is 0 Å². The Bertz CT molecular complexity index is 309. The molecule has 1 rings (SSSR count). The Kier molecular flexibility index (Phi) is 3.90. The molecule has 15 heavy (non-hydrogen) atoms. The molecule has 0 radical (unpaired) electrons. The summed E-state index contributed by atoms with van der Waals surface area (Å²) >= 11 is 0. The minimum atomic E-state index is -1.34. The second-order valence-corrected chi connectivity index (χ2v) is 3.30. The first-order valence-electron chi connectivity index (χ1n) is 4.65. The normalized spacial score (nSPS) is 14.9. The molecule has 5 nitrogen and oxygen atoms in total. The molecule has 0 aliphatic rings. The lowest BCUT2D eigenvalue weighted by Gasteiger charge is -2.19. The van der Waals surface area contributed by atoms with Crippen LogP contribution < -0.4 is 5.73 Å². The quantitative estimate of drug-likeness (QED) is 0.478. The van der Waals surface area contributed by atoms with Crippen molar-refractivity contribution in [2.24, 2.45) is 5.73 Å². The zero-order valence-corrected chi connectivity index (χ0v) is 8.17. The lowest BCUT2D eigenvalue weighted by atomic mass is 10.0. The summed E-state index contributed by atoms with van der Waals surface area (Å²) < 4.78 is 0. The van der Waals surface area contributed by atoms with Crippen molar-refractivity contribution in [3.05, 3.63) is 23.8 Å². The van der Waals surface area contributed by atoms with Crippen LogP contribution in [0.25, 0.3) is 0 Å². The van der Waals surface area contributed by atoms with Crippen LogP contribution in [0.2, 0.25) is 0 Å². The van der Waals surface area contributed by atoms with Crippen molar-refractivity contribution >= 4 is 0 Å². The largest absolute Gasteiger partial charge is 0.507 e. The molecule has 2 unspecified atom stereocenters. The maximum atomic E-state index is 9.66. The molecule has 0 aliphatic heterocycles. The number of hydrogen-bond acceptors (Lipinski definition) is 5. The van der Waals surface area contributed by atoms with Crippen LogP contribution in [0.5, 0.6) is 11.5 Å². The molecule has 1 aromatic carbocycles. The van der Waals surface area contributed by atoms with Gasteiger partial charge in [0, 0.05) is 0 Å². The SMILES string of the molecule is NCCC(O)C(O)c1c(O)cccc1O. The lowest BCUT2D eigenvalue weighted by Crippen LogP contribution is -2.21. The molecule has 0 amide bonds. The molecule has 6 N–H and O–H groups in total. The highest BCUT2D eigenvalue weighted by molar-refractivity contribution is 5.44. The van der Waals surface area contributed by atoms with Gasteiger partial charge < -0.3 is 26.2 Å². The van der Waals surface area contributed by atoms with Gasteiger partial charge in [0.05, 0.1) is 11.7 Å². The highest BCUT2D eigenvalue weighted by Crippen LogP contribution is 2.34. The molecular weight excluding hydrogens is 198 g/mol. The zero-order valence-electron chi connectivity index (χ0n) is 8.17. The van der Waals surface area contributed by atoms with Crippen molar-refractivity contribution in [2.75, 3.05) is 6.54 Å². The molecule has 84 valence electrons. The summed E-state index contributed by atoms with van der Waals surface area (Å²) in [5.74, 6) is -0.503. The van der Waals surface area contributed by atoms with Crippen molar-refractivity contribution < 1.29 is 20.4 Å². The van der Waals surface area contributed by atoms with Crippen molar-refractivity contribution in [3.63, 3.8) is 0 Å². The highest BCUT2D eigenvalue weighted by atomic mass is 16.3. The minimum Gasteiger partial charge on any atom is -0.507 e. The number of aliphatic hydroxyl groups excluding tert-OH is 2.